The van der Waals surface area contributed by atoms with Gasteiger partial charge in [-0.2, -0.15) is 13.2 Å². The maximum atomic E-state index is 13.1. The number of alkyl halides is 7. The predicted molar refractivity (Wildman–Crippen MR) is 53.9 cm³/mol. The minimum absolute atomic E-state index is 0.0446. The van der Waals surface area contributed by atoms with Gasteiger partial charge in [-0.05, 0) is 6.42 Å². The second-order valence-electron chi connectivity index (χ2n) is 4.49. The first-order valence-corrected chi connectivity index (χ1v) is 5.80. The second-order valence-corrected chi connectivity index (χ2v) is 4.49. The summed E-state index contributed by atoms with van der Waals surface area (Å²) < 4.78 is 87.0. The molecule has 0 heterocycles. The summed E-state index contributed by atoms with van der Waals surface area (Å²) in [6, 6.07) is 0. The van der Waals surface area contributed by atoms with Crippen molar-refractivity contribution in [2.75, 3.05) is 0 Å². The molecule has 0 aromatic rings. The van der Waals surface area contributed by atoms with Gasteiger partial charge in [0.2, 0.25) is 0 Å². The molecule has 0 aromatic carbocycles. The van der Waals surface area contributed by atoms with Crippen LogP contribution in [-0.2, 0) is 0 Å². The normalized spacial score (nSPS) is 14.0. The first-order valence-electron chi connectivity index (χ1n) is 5.80. The van der Waals surface area contributed by atoms with Gasteiger partial charge in [0, 0.05) is 6.42 Å². The summed E-state index contributed by atoms with van der Waals surface area (Å²) in [7, 11) is 0. The fourth-order valence-corrected chi connectivity index (χ4v) is 1.63. The monoisotopic (exact) mass is 282 g/mol. The van der Waals surface area contributed by atoms with Crippen molar-refractivity contribution < 1.29 is 30.7 Å². The number of rotatable bonds is 8. The van der Waals surface area contributed by atoms with E-state index in [1.54, 1.807) is 0 Å². The highest BCUT2D eigenvalue weighted by atomic mass is 19.4. The molecule has 0 unspecified atom stereocenters. The minimum atomic E-state index is -5.14. The largest absolute Gasteiger partial charge is 0.394 e. The number of hydrogen-bond donors (Lipinski definition) is 0. The van der Waals surface area contributed by atoms with Crippen LogP contribution in [0.5, 0.6) is 0 Å². The van der Waals surface area contributed by atoms with Crippen LogP contribution in [0.1, 0.15) is 51.9 Å². The molecule has 0 spiro atoms. The molecule has 0 saturated heterocycles. The molecule has 18 heavy (non-hydrogen) atoms. The van der Waals surface area contributed by atoms with Gasteiger partial charge in [-0.15, -0.1) is 0 Å². The van der Waals surface area contributed by atoms with E-state index in [0.717, 1.165) is 6.42 Å². The molecule has 110 valence electrons. The highest BCUT2D eigenvalue weighted by Crippen LogP contribution is 2.40. The van der Waals surface area contributed by atoms with Crippen LogP contribution in [-0.4, -0.2) is 18.0 Å². The third-order valence-electron chi connectivity index (χ3n) is 2.37. The van der Waals surface area contributed by atoms with Crippen molar-refractivity contribution >= 4 is 0 Å². The first kappa shape index (κ1) is 17.5. The molecule has 0 atom stereocenters. The molecule has 0 nitrogen and oxygen atoms in total. The predicted octanol–water partition coefficient (Wildman–Crippen LogP) is 5.57. The molecule has 0 amide bonds. The summed E-state index contributed by atoms with van der Waals surface area (Å²) in [5.74, 6) is -8.16. The molecule has 7 heteroatoms. The van der Waals surface area contributed by atoms with E-state index in [-0.39, 0.29) is 6.42 Å². The lowest BCUT2D eigenvalue weighted by atomic mass is 10.0. The second kappa shape index (κ2) is 6.61. The zero-order chi connectivity index (χ0) is 14.4. The van der Waals surface area contributed by atoms with Gasteiger partial charge in [-0.25, -0.2) is 17.6 Å². The summed E-state index contributed by atoms with van der Waals surface area (Å²) in [5, 5.41) is 0. The van der Waals surface area contributed by atoms with Crippen LogP contribution in [0.3, 0.4) is 0 Å². The van der Waals surface area contributed by atoms with Crippen molar-refractivity contribution in [1.82, 2.24) is 0 Å². The van der Waals surface area contributed by atoms with Crippen molar-refractivity contribution in [3.05, 3.63) is 0 Å². The Morgan fingerprint density at radius 2 is 1.22 bits per heavy atom. The van der Waals surface area contributed by atoms with E-state index in [2.05, 4.69) is 0 Å². The van der Waals surface area contributed by atoms with Crippen molar-refractivity contribution in [3.63, 3.8) is 0 Å². The summed E-state index contributed by atoms with van der Waals surface area (Å²) in [5.41, 5.74) is 0. The third kappa shape index (κ3) is 9.53. The summed E-state index contributed by atoms with van der Waals surface area (Å²) in [4.78, 5) is 0. The Kier molecular flexibility index (Phi) is 6.43. The van der Waals surface area contributed by atoms with Gasteiger partial charge in [0.15, 0.2) is 0 Å². The minimum Gasteiger partial charge on any atom is -0.207 e. The van der Waals surface area contributed by atoms with Gasteiger partial charge in [-0.3, -0.25) is 0 Å². The van der Waals surface area contributed by atoms with Crippen molar-refractivity contribution in [1.29, 1.82) is 0 Å². The number of unbranched alkanes of at least 4 members (excludes halogenated alkanes) is 3. The lowest BCUT2D eigenvalue weighted by Crippen LogP contribution is -2.33. The molecule has 0 radical (unpaired) electrons. The zero-order valence-electron chi connectivity index (χ0n) is 10.1. The third-order valence-corrected chi connectivity index (χ3v) is 2.37. The summed E-state index contributed by atoms with van der Waals surface area (Å²) >= 11 is 0. The SMILES string of the molecule is CCCCCCC(F)(F)CC(F)(F)CC(F)(F)F. The van der Waals surface area contributed by atoms with Crippen LogP contribution >= 0.6 is 0 Å². The molecule has 0 aromatic heterocycles. The highest BCUT2D eigenvalue weighted by Gasteiger charge is 2.49. The van der Waals surface area contributed by atoms with Gasteiger partial charge in [0.1, 0.15) is 6.42 Å². The van der Waals surface area contributed by atoms with Crippen molar-refractivity contribution in [3.8, 4) is 0 Å². The lowest BCUT2D eigenvalue weighted by Gasteiger charge is -2.24. The van der Waals surface area contributed by atoms with Crippen LogP contribution in [0.4, 0.5) is 30.7 Å². The van der Waals surface area contributed by atoms with Gasteiger partial charge in [0.25, 0.3) is 11.8 Å². The molecule has 0 aliphatic rings. The fraction of sp³-hybridized carbons (Fsp3) is 1.00. The number of halogens is 7. The Morgan fingerprint density at radius 3 is 1.67 bits per heavy atom. The van der Waals surface area contributed by atoms with Crippen LogP contribution in [0.25, 0.3) is 0 Å². The maximum absolute atomic E-state index is 13.1. The molecule has 0 fully saturated rings. The van der Waals surface area contributed by atoms with Crippen LogP contribution in [0.15, 0.2) is 0 Å². The average Bonchev–Trinajstić information content (AvgIpc) is 2.06. The van der Waals surface area contributed by atoms with Crippen molar-refractivity contribution in [2.45, 2.75) is 69.9 Å². The quantitative estimate of drug-likeness (QED) is 0.403. The fourth-order valence-electron chi connectivity index (χ4n) is 1.63. The Bertz CT molecular complexity index is 232. The van der Waals surface area contributed by atoms with Gasteiger partial charge < -0.3 is 0 Å². The van der Waals surface area contributed by atoms with E-state index in [4.69, 9.17) is 0 Å². The van der Waals surface area contributed by atoms with Gasteiger partial charge >= 0.3 is 6.18 Å². The molecule has 0 rings (SSSR count). The van der Waals surface area contributed by atoms with Crippen LogP contribution in [0.2, 0.25) is 0 Å². The van der Waals surface area contributed by atoms with Crippen LogP contribution in [0, 0.1) is 0 Å². The van der Waals surface area contributed by atoms with E-state index in [1.807, 2.05) is 6.92 Å². The Morgan fingerprint density at radius 1 is 0.667 bits per heavy atom. The van der Waals surface area contributed by atoms with E-state index in [0.29, 0.717) is 12.8 Å². The molecule has 0 N–H and O–H groups in total. The van der Waals surface area contributed by atoms with Crippen LogP contribution < -0.4 is 0 Å². The smallest absolute Gasteiger partial charge is 0.207 e. The summed E-state index contributed by atoms with van der Waals surface area (Å²) in [6.07, 6.45) is -8.44. The summed E-state index contributed by atoms with van der Waals surface area (Å²) in [6.45, 7) is 1.86. The van der Waals surface area contributed by atoms with E-state index in [9.17, 15) is 30.7 Å². The average molecular weight is 282 g/mol. The molecule has 0 saturated carbocycles. The van der Waals surface area contributed by atoms with E-state index >= 15 is 0 Å². The van der Waals surface area contributed by atoms with E-state index in [1.165, 1.54) is 0 Å². The first-order chi connectivity index (χ1) is 7.97. The molecule has 0 aliphatic heterocycles. The van der Waals surface area contributed by atoms with E-state index < -0.39 is 37.3 Å². The van der Waals surface area contributed by atoms with Gasteiger partial charge in [0.05, 0.1) is 6.42 Å². The Hall–Kier alpha value is -0.490. The standard InChI is InChI=1S/C11H17F7/c1-2-3-4-5-6-9(12,13)7-10(14,15)8-11(16,17)18/h2-8H2,1H3. The Balaban J connectivity index is 4.20. The molecule has 0 bridgehead atoms. The molecular formula is C11H17F7. The topological polar surface area (TPSA) is 0 Å². The molecule has 0 aliphatic carbocycles. The zero-order valence-corrected chi connectivity index (χ0v) is 10.1. The number of hydrogen-bond acceptors (Lipinski definition) is 0. The lowest BCUT2D eigenvalue weighted by molar-refractivity contribution is -0.206. The Labute approximate surface area is 102 Å². The van der Waals surface area contributed by atoms with Gasteiger partial charge in [-0.1, -0.05) is 26.2 Å². The maximum Gasteiger partial charge on any atom is 0.394 e. The van der Waals surface area contributed by atoms with Crippen molar-refractivity contribution in [2.24, 2.45) is 0 Å². The highest BCUT2D eigenvalue weighted by molar-refractivity contribution is 4.79. The molecular weight excluding hydrogens is 265 g/mol.